The van der Waals surface area contributed by atoms with E-state index >= 15 is 4.39 Å². The highest BCUT2D eigenvalue weighted by molar-refractivity contribution is 6.04. The largest absolute Gasteiger partial charge is 0.508 e. The average Bonchev–Trinajstić information content (AvgIpc) is 2.33. The summed E-state index contributed by atoms with van der Waals surface area (Å²) in [7, 11) is 3.24. The van der Waals surface area contributed by atoms with Crippen LogP contribution >= 0.6 is 0 Å². The molecule has 3 amide bonds. The summed E-state index contributed by atoms with van der Waals surface area (Å²) in [6.07, 6.45) is 14.6. The number of phenols is 1. The van der Waals surface area contributed by atoms with Gasteiger partial charge < -0.3 is 64.7 Å². The summed E-state index contributed by atoms with van der Waals surface area (Å²) in [6.45, 7) is 15.8. The summed E-state index contributed by atoms with van der Waals surface area (Å²) in [4.78, 5) is 78.0. The van der Waals surface area contributed by atoms with Crippen molar-refractivity contribution in [3.63, 3.8) is 0 Å². The van der Waals surface area contributed by atoms with E-state index in [-0.39, 0.29) is 81.9 Å². The quantitative estimate of drug-likeness (QED) is 0.0151. The second kappa shape index (κ2) is 29.6. The first-order chi connectivity index (χ1) is 41.1. The van der Waals surface area contributed by atoms with Gasteiger partial charge in [-0.1, -0.05) is 37.6 Å². The molecule has 4 aliphatic heterocycles. The van der Waals surface area contributed by atoms with E-state index in [0.29, 0.717) is 120 Å². The number of terminal acetylenes is 1. The number of carbonyl (C=O) groups is 5. The van der Waals surface area contributed by atoms with Crippen molar-refractivity contribution in [1.82, 2.24) is 40.7 Å². The normalized spacial score (nSPS) is 19.1. The number of pyridine rings is 1. The first kappa shape index (κ1) is 62.9. The molecule has 452 valence electrons. The van der Waals surface area contributed by atoms with Gasteiger partial charge in [-0.3, -0.25) is 24.3 Å². The zero-order valence-corrected chi connectivity index (χ0v) is 48.3. The zero-order chi connectivity index (χ0) is 60.6. The van der Waals surface area contributed by atoms with Crippen LogP contribution in [0.2, 0.25) is 0 Å². The number of hydrogen-bond donors (Lipinski definition) is 5. The lowest BCUT2D eigenvalue weighted by Crippen LogP contribution is -2.51. The fourth-order valence-corrected chi connectivity index (χ4v) is 11.5. The summed E-state index contributed by atoms with van der Waals surface area (Å²) in [5, 5.41) is 23.4. The molecule has 4 unspecified atom stereocenters. The number of alkyl carbamates (subject to hydrolysis) is 1. The number of allylic oxidation sites excluding steroid dienone is 1. The molecule has 6 heterocycles. The number of hydrogen-bond acceptors (Lipinski definition) is 18. The van der Waals surface area contributed by atoms with Crippen LogP contribution in [0.4, 0.5) is 25.1 Å². The molecule has 85 heavy (non-hydrogen) atoms. The lowest BCUT2D eigenvalue weighted by molar-refractivity contribution is -0.111. The van der Waals surface area contributed by atoms with E-state index in [2.05, 4.69) is 67.0 Å². The number of phenolic OH excluding ortho intramolecular Hbond substituents is 1. The van der Waals surface area contributed by atoms with Crippen LogP contribution in [0.1, 0.15) is 84.6 Å². The van der Waals surface area contributed by atoms with Gasteiger partial charge in [0.2, 0.25) is 6.41 Å². The van der Waals surface area contributed by atoms with Gasteiger partial charge >= 0.3 is 12.1 Å². The minimum atomic E-state index is -0.780. The minimum absolute atomic E-state index is 0.00115. The van der Waals surface area contributed by atoms with Crippen LogP contribution in [0.3, 0.4) is 0 Å². The van der Waals surface area contributed by atoms with Crippen LogP contribution in [-0.4, -0.2) is 184 Å². The third kappa shape index (κ3) is 15.2. The van der Waals surface area contributed by atoms with Crippen LogP contribution < -0.4 is 30.9 Å². The molecule has 2 aromatic heterocycles. The van der Waals surface area contributed by atoms with Crippen LogP contribution in [0.15, 0.2) is 73.1 Å². The van der Waals surface area contributed by atoms with Gasteiger partial charge in [-0.05, 0) is 93.2 Å². The molecule has 5 aromatic rings. The monoisotopic (exact) mass is 1170 g/mol. The summed E-state index contributed by atoms with van der Waals surface area (Å²) < 4.78 is 60.6. The highest BCUT2D eigenvalue weighted by Crippen LogP contribution is 2.45. The van der Waals surface area contributed by atoms with Crippen molar-refractivity contribution in [2.24, 2.45) is 0 Å². The summed E-state index contributed by atoms with van der Waals surface area (Å²) in [5.74, 6) is 0.872. The van der Waals surface area contributed by atoms with Crippen LogP contribution in [0.5, 0.6) is 11.8 Å². The highest BCUT2D eigenvalue weighted by atomic mass is 19.1. The highest BCUT2D eigenvalue weighted by Gasteiger charge is 2.51. The van der Waals surface area contributed by atoms with Gasteiger partial charge in [0.1, 0.15) is 48.1 Å². The molecule has 0 aliphatic carbocycles. The van der Waals surface area contributed by atoms with Crippen molar-refractivity contribution in [2.75, 3.05) is 103 Å². The first-order valence-electron chi connectivity index (χ1n) is 28.5. The fourth-order valence-electron chi connectivity index (χ4n) is 11.5. The number of nitrogens with one attached hydrogen (secondary N) is 4. The molecular weight excluding hydrogens is 1100 g/mol. The molecule has 5 N–H and O–H groups in total. The van der Waals surface area contributed by atoms with Gasteiger partial charge in [0, 0.05) is 99.1 Å². The van der Waals surface area contributed by atoms with E-state index in [4.69, 9.17) is 35.1 Å². The number of benzene rings is 3. The number of aromatic hydroxyl groups is 1. The summed E-state index contributed by atoms with van der Waals surface area (Å²) in [6, 6.07) is 9.68. The van der Waals surface area contributed by atoms with E-state index < -0.39 is 35.2 Å². The maximum atomic E-state index is 17.1. The predicted octanol–water partition coefficient (Wildman–Crippen LogP) is 6.70. The molecular formula is C62H74F2N10O11. The third-order valence-electron chi connectivity index (χ3n) is 15.8. The third-order valence-corrected chi connectivity index (χ3v) is 15.8. The molecule has 2 bridgehead atoms. The number of anilines is 2. The molecule has 23 heteroatoms. The van der Waals surface area contributed by atoms with E-state index in [1.54, 1.807) is 7.05 Å². The number of halogens is 2. The van der Waals surface area contributed by atoms with Crippen LogP contribution in [0.25, 0.3) is 32.9 Å². The van der Waals surface area contributed by atoms with Crippen molar-refractivity contribution in [3.8, 4) is 35.4 Å². The van der Waals surface area contributed by atoms with Gasteiger partial charge in [-0.25, -0.2) is 13.6 Å². The second-order valence-electron chi connectivity index (χ2n) is 21.5. The number of aromatic nitrogens is 3. The number of aldehydes is 2. The van der Waals surface area contributed by atoms with Crippen molar-refractivity contribution in [3.05, 3.63) is 101 Å². The average molecular weight is 1170 g/mol. The zero-order valence-electron chi connectivity index (χ0n) is 48.3. The molecule has 3 aromatic carbocycles. The van der Waals surface area contributed by atoms with Crippen molar-refractivity contribution >= 4 is 64.2 Å². The Balaban J connectivity index is 0.000000330. The first-order valence-corrected chi connectivity index (χ1v) is 28.5. The number of piperazine rings is 1. The van der Waals surface area contributed by atoms with Gasteiger partial charge in [-0.2, -0.15) is 9.97 Å². The van der Waals surface area contributed by atoms with Crippen LogP contribution in [-0.2, 0) is 28.5 Å². The predicted molar refractivity (Wildman–Crippen MR) is 317 cm³/mol. The van der Waals surface area contributed by atoms with E-state index in [0.717, 1.165) is 50.0 Å². The Morgan fingerprint density at radius 3 is 2.45 bits per heavy atom. The molecule has 21 nitrogen and oxygen atoms in total. The number of carbonyl (C=O) groups excluding carboxylic acids is 5. The molecule has 4 aliphatic rings. The topological polar surface area (TPSA) is 248 Å². The van der Waals surface area contributed by atoms with Crippen molar-refractivity contribution in [1.29, 1.82) is 0 Å². The Kier molecular flexibility index (Phi) is 21.9. The van der Waals surface area contributed by atoms with Crippen LogP contribution in [0, 0.1) is 24.0 Å². The number of fused-ring (bicyclic) bond motifs is 5. The van der Waals surface area contributed by atoms with Gasteiger partial charge in [-0.15, -0.1) is 6.42 Å². The molecule has 0 saturated carbocycles. The number of likely N-dealkylation sites (N-methyl/N-ethyl adjacent to an activating group) is 1. The molecule has 5 atom stereocenters. The molecule has 4 saturated heterocycles. The van der Waals surface area contributed by atoms with E-state index in [1.165, 1.54) is 60.6 Å². The van der Waals surface area contributed by atoms with Crippen molar-refractivity contribution in [2.45, 2.75) is 88.0 Å². The molecule has 0 spiro atoms. The van der Waals surface area contributed by atoms with Gasteiger partial charge in [0.15, 0.2) is 12.1 Å². The summed E-state index contributed by atoms with van der Waals surface area (Å²) in [5.41, 5.74) is 1.97. The Bertz CT molecular complexity index is 3300. The number of ether oxygens (including phenoxy) is 5. The molecule has 9 rings (SSSR count). The summed E-state index contributed by atoms with van der Waals surface area (Å²) >= 11 is 0. The number of amides is 3. The lowest BCUT2D eigenvalue weighted by Gasteiger charge is -2.35. The van der Waals surface area contributed by atoms with Gasteiger partial charge in [0.05, 0.1) is 61.1 Å². The second-order valence-corrected chi connectivity index (χ2v) is 21.5. The Labute approximate surface area is 492 Å². The van der Waals surface area contributed by atoms with E-state index in [1.807, 2.05) is 0 Å². The number of nitrogens with zero attached hydrogens (tertiary/aromatic N) is 6. The van der Waals surface area contributed by atoms with Crippen molar-refractivity contribution < 1.29 is 61.5 Å². The minimum Gasteiger partial charge on any atom is -0.508 e. The Morgan fingerprint density at radius 2 is 1.75 bits per heavy atom. The lowest BCUT2D eigenvalue weighted by atomic mass is 9.94. The SMILES string of the molecule is C#Cc1c(F)ccc2cc(O)cc(-c3ncc4c(N5CC6CCC(C5)N6)nc(OCC56CC[C@@H](COC(=O)NCCOCCOCCOCCC)N5CC(=C)C6)nc4c3F)c12.C=C(CCC(C=O)N(C)C(=O)c1ccc(NC=O)cc1C=O)NC. The standard InChI is InChI=1S/C45H53F2N7O7.C17H21N3O4/c1-4-13-57-15-17-59-18-16-58-14-12-48-44(56)60-26-32-10-11-45(21-28(3)23-54(32)45)27-61-43-51-41-36(42(52-43)53-24-30-7-8-31(25-53)50-30)22-49-40(39(41)47)35-20-33(55)19-29-6-9-37(46)34(5-2)38(29)35;1-12(18-2)4-6-15(10-22)20(3)17(24)16-7-5-14(19-11-23)8-13(16)9-21/h2,6,9,19-20,22,30-32,50,55H,3-4,7-8,10-18,21,23-27H2,1H3,(H,48,56);5,7-11,15,18H,1,4,6H2,2-3H3,(H,19,23)/t30?,31?,32-,45?;/m0./s1. The maximum Gasteiger partial charge on any atom is 0.407 e. The smallest absolute Gasteiger partial charge is 0.407 e. The Hall–Kier alpha value is -8.14. The number of rotatable bonds is 28. The Morgan fingerprint density at radius 1 is 1.01 bits per heavy atom. The molecule has 0 radical (unpaired) electrons. The van der Waals surface area contributed by atoms with Gasteiger partial charge in [0.25, 0.3) is 5.91 Å². The van der Waals surface area contributed by atoms with E-state index in [9.17, 15) is 33.5 Å². The fraction of sp³-hybridized carbons (Fsp3) is 0.452. The maximum absolute atomic E-state index is 17.1. The molecule has 4 fully saturated rings.